The van der Waals surface area contributed by atoms with Crippen LogP contribution in [0.25, 0.3) is 11.0 Å². The second-order valence-corrected chi connectivity index (χ2v) is 5.75. The molecule has 3 rings (SSSR count). The molecule has 2 N–H and O–H groups in total. The zero-order valence-corrected chi connectivity index (χ0v) is 14.1. The number of ether oxygens (including phenoxy) is 2. The van der Waals surface area contributed by atoms with E-state index in [0.29, 0.717) is 19.2 Å². The number of methoxy groups -OCH3 is 1. The van der Waals surface area contributed by atoms with Crippen LogP contribution in [-0.4, -0.2) is 35.3 Å². The van der Waals surface area contributed by atoms with E-state index in [1.54, 1.807) is 13.3 Å². The van der Waals surface area contributed by atoms with Crippen molar-refractivity contribution >= 4 is 45.3 Å². The highest BCUT2D eigenvalue weighted by atomic mass is 127. The van der Waals surface area contributed by atoms with Crippen molar-refractivity contribution in [2.75, 3.05) is 25.6 Å². The van der Waals surface area contributed by atoms with Gasteiger partial charge in [-0.3, -0.25) is 0 Å². The molecule has 114 valence electrons. The van der Waals surface area contributed by atoms with Gasteiger partial charge in [0.15, 0.2) is 0 Å². The largest absolute Gasteiger partial charge is 0.491 e. The van der Waals surface area contributed by atoms with Gasteiger partial charge in [-0.2, -0.15) is 0 Å². The van der Waals surface area contributed by atoms with Crippen LogP contribution in [0, 0.1) is 3.57 Å². The molecule has 22 heavy (non-hydrogen) atoms. The average Bonchev–Trinajstić information content (AvgIpc) is 2.90. The maximum absolute atomic E-state index is 5.53. The maximum atomic E-state index is 5.53. The molecule has 0 radical (unpaired) electrons. The quantitative estimate of drug-likeness (QED) is 0.482. The summed E-state index contributed by atoms with van der Waals surface area (Å²) in [4.78, 5) is 11.9. The summed E-state index contributed by atoms with van der Waals surface area (Å²) in [7, 11) is 1.65. The fraction of sp³-hybridized carbons (Fsp3) is 0.200. The number of benzene rings is 1. The lowest BCUT2D eigenvalue weighted by Gasteiger charge is -2.08. The minimum Gasteiger partial charge on any atom is -0.491 e. The van der Waals surface area contributed by atoms with Crippen LogP contribution in [0.5, 0.6) is 5.75 Å². The van der Waals surface area contributed by atoms with Crippen molar-refractivity contribution in [1.82, 2.24) is 15.0 Å². The van der Waals surface area contributed by atoms with Crippen molar-refractivity contribution < 1.29 is 9.47 Å². The van der Waals surface area contributed by atoms with E-state index in [9.17, 15) is 0 Å². The number of aromatic amines is 1. The minimum absolute atomic E-state index is 0.537. The van der Waals surface area contributed by atoms with Gasteiger partial charge >= 0.3 is 0 Å². The van der Waals surface area contributed by atoms with E-state index in [1.165, 1.54) is 0 Å². The summed E-state index contributed by atoms with van der Waals surface area (Å²) >= 11 is 2.25. The number of aromatic nitrogens is 3. The van der Waals surface area contributed by atoms with Gasteiger partial charge < -0.3 is 19.8 Å². The highest BCUT2D eigenvalue weighted by Crippen LogP contribution is 2.21. The van der Waals surface area contributed by atoms with Crippen LogP contribution in [0.4, 0.5) is 11.6 Å². The van der Waals surface area contributed by atoms with E-state index in [0.717, 1.165) is 26.0 Å². The molecule has 2 heterocycles. The lowest BCUT2D eigenvalue weighted by Crippen LogP contribution is -2.04. The van der Waals surface area contributed by atoms with Crippen LogP contribution in [0.3, 0.4) is 0 Å². The Bertz CT molecular complexity index is 758. The predicted molar refractivity (Wildman–Crippen MR) is 93.7 cm³/mol. The molecule has 1 aromatic carbocycles. The number of rotatable bonds is 6. The van der Waals surface area contributed by atoms with Gasteiger partial charge in [-0.15, -0.1) is 0 Å². The van der Waals surface area contributed by atoms with E-state index in [-0.39, 0.29) is 0 Å². The molecule has 0 fully saturated rings. The third kappa shape index (κ3) is 3.47. The Balaban J connectivity index is 1.70. The minimum atomic E-state index is 0.537. The van der Waals surface area contributed by atoms with E-state index in [4.69, 9.17) is 9.47 Å². The van der Waals surface area contributed by atoms with E-state index in [1.807, 2.05) is 30.5 Å². The second-order valence-electron chi connectivity index (χ2n) is 4.58. The molecule has 0 aliphatic heterocycles. The molecule has 0 saturated heterocycles. The van der Waals surface area contributed by atoms with E-state index >= 15 is 0 Å². The van der Waals surface area contributed by atoms with Crippen LogP contribution in [0.15, 0.2) is 36.7 Å². The van der Waals surface area contributed by atoms with Crippen molar-refractivity contribution in [3.63, 3.8) is 0 Å². The Morgan fingerprint density at radius 1 is 1.23 bits per heavy atom. The smallest absolute Gasteiger partial charge is 0.227 e. The summed E-state index contributed by atoms with van der Waals surface area (Å²) in [6, 6.07) is 7.66. The van der Waals surface area contributed by atoms with Crippen LogP contribution in [-0.2, 0) is 4.74 Å². The Morgan fingerprint density at radius 3 is 2.82 bits per heavy atom. The molecule has 6 nitrogen and oxygen atoms in total. The van der Waals surface area contributed by atoms with Gasteiger partial charge in [0.2, 0.25) is 5.95 Å². The first kappa shape index (κ1) is 15.0. The molecular weight excluding hydrogens is 395 g/mol. The van der Waals surface area contributed by atoms with Gasteiger partial charge in [0.1, 0.15) is 17.9 Å². The molecule has 3 aromatic rings. The first-order chi connectivity index (χ1) is 10.8. The summed E-state index contributed by atoms with van der Waals surface area (Å²) in [6.07, 6.45) is 3.69. The lowest BCUT2D eigenvalue weighted by atomic mass is 10.3. The maximum Gasteiger partial charge on any atom is 0.227 e. The van der Waals surface area contributed by atoms with Crippen molar-refractivity contribution in [2.45, 2.75) is 0 Å². The lowest BCUT2D eigenvalue weighted by molar-refractivity contribution is 0.146. The van der Waals surface area contributed by atoms with Crippen LogP contribution in [0.2, 0.25) is 0 Å². The van der Waals surface area contributed by atoms with Crippen LogP contribution in [0.1, 0.15) is 0 Å². The van der Waals surface area contributed by atoms with E-state index in [2.05, 4.69) is 42.9 Å². The summed E-state index contributed by atoms with van der Waals surface area (Å²) in [5.74, 6) is 1.37. The van der Waals surface area contributed by atoms with Crippen molar-refractivity contribution in [1.29, 1.82) is 0 Å². The van der Waals surface area contributed by atoms with Gasteiger partial charge in [0.05, 0.1) is 21.9 Å². The number of nitrogens with zero attached hydrogens (tertiary/aromatic N) is 2. The molecule has 7 heteroatoms. The molecule has 0 spiro atoms. The molecule has 0 aliphatic rings. The summed E-state index contributed by atoms with van der Waals surface area (Å²) < 4.78 is 11.5. The predicted octanol–water partition coefficient (Wildman–Crippen LogP) is 3.33. The number of hydrogen-bond acceptors (Lipinski definition) is 5. The Morgan fingerprint density at radius 2 is 2.05 bits per heavy atom. The first-order valence-electron chi connectivity index (χ1n) is 6.75. The molecule has 0 amide bonds. The summed E-state index contributed by atoms with van der Waals surface area (Å²) in [6.45, 7) is 1.11. The fourth-order valence-electron chi connectivity index (χ4n) is 1.95. The van der Waals surface area contributed by atoms with Gasteiger partial charge in [0.25, 0.3) is 0 Å². The van der Waals surface area contributed by atoms with Crippen LogP contribution < -0.4 is 10.1 Å². The van der Waals surface area contributed by atoms with Gasteiger partial charge in [-0.25, -0.2) is 9.97 Å². The highest BCUT2D eigenvalue weighted by molar-refractivity contribution is 14.1. The van der Waals surface area contributed by atoms with Crippen molar-refractivity contribution in [2.24, 2.45) is 0 Å². The number of nitrogens with one attached hydrogen (secondary N) is 2. The third-order valence-corrected chi connectivity index (χ3v) is 3.86. The van der Waals surface area contributed by atoms with Crippen molar-refractivity contribution in [3.05, 3.63) is 40.2 Å². The Hall–Kier alpha value is -1.87. The van der Waals surface area contributed by atoms with E-state index < -0.39 is 0 Å². The fourth-order valence-corrected chi connectivity index (χ4v) is 2.51. The molecule has 0 saturated carbocycles. The Kier molecular flexibility index (Phi) is 4.74. The normalized spacial score (nSPS) is 10.8. The molecule has 0 aliphatic carbocycles. The zero-order valence-electron chi connectivity index (χ0n) is 12.0. The SMILES string of the molecule is COCCOc1ccc(Nc2ncc3[nH]cc(I)c3n2)cc1. The summed E-state index contributed by atoms with van der Waals surface area (Å²) in [5, 5.41) is 3.19. The molecule has 2 aromatic heterocycles. The van der Waals surface area contributed by atoms with Gasteiger partial charge in [0, 0.05) is 19.0 Å². The average molecular weight is 410 g/mol. The number of halogens is 1. The van der Waals surface area contributed by atoms with Gasteiger partial charge in [-0.1, -0.05) is 0 Å². The monoisotopic (exact) mass is 410 g/mol. The highest BCUT2D eigenvalue weighted by Gasteiger charge is 2.05. The number of hydrogen-bond donors (Lipinski definition) is 2. The topological polar surface area (TPSA) is 72.1 Å². The molecule has 0 atom stereocenters. The molecule has 0 unspecified atom stereocenters. The molecule has 0 bridgehead atoms. The van der Waals surface area contributed by atoms with Crippen molar-refractivity contribution in [3.8, 4) is 5.75 Å². The zero-order chi connectivity index (χ0) is 15.4. The second kappa shape index (κ2) is 6.93. The number of H-pyrrole nitrogens is 1. The third-order valence-electron chi connectivity index (χ3n) is 3.04. The number of fused-ring (bicyclic) bond motifs is 1. The Labute approximate surface area is 141 Å². The van der Waals surface area contributed by atoms with Gasteiger partial charge in [-0.05, 0) is 46.9 Å². The molecular formula is C15H15IN4O2. The standard InChI is InChI=1S/C15H15IN4O2/c1-21-6-7-22-11-4-2-10(3-5-11)19-15-18-9-13-14(20-15)12(16)8-17-13/h2-5,8-9,17H,6-7H2,1H3,(H,18,19,20). The van der Waals surface area contributed by atoms with Crippen LogP contribution >= 0.6 is 22.6 Å². The summed E-state index contributed by atoms with van der Waals surface area (Å²) in [5.41, 5.74) is 2.75. The first-order valence-corrected chi connectivity index (χ1v) is 7.82. The number of anilines is 2.